The van der Waals surface area contributed by atoms with E-state index in [0.29, 0.717) is 17.9 Å². The van der Waals surface area contributed by atoms with Crippen LogP contribution in [0, 0.1) is 0 Å². The van der Waals surface area contributed by atoms with Crippen molar-refractivity contribution in [1.82, 2.24) is 10.3 Å². The van der Waals surface area contributed by atoms with Crippen molar-refractivity contribution >= 4 is 23.4 Å². The third-order valence-corrected chi connectivity index (χ3v) is 5.24. The molecule has 1 aromatic heterocycles. The Morgan fingerprint density at radius 1 is 1.47 bits per heavy atom. The van der Waals surface area contributed by atoms with E-state index in [0.717, 1.165) is 0 Å². The van der Waals surface area contributed by atoms with Gasteiger partial charge in [0.05, 0.1) is 5.69 Å². The van der Waals surface area contributed by atoms with E-state index in [2.05, 4.69) is 16.6 Å². The number of nitrogens with two attached hydrogens (primary N) is 1. The van der Waals surface area contributed by atoms with E-state index < -0.39 is 0 Å². The predicted octanol–water partition coefficient (Wildman–Crippen LogP) is 2.46. The van der Waals surface area contributed by atoms with Gasteiger partial charge in [-0.2, -0.15) is 11.8 Å². The average molecular weight is 279 g/mol. The number of nitrogens with one attached hydrogen (secondary N) is 1. The third kappa shape index (κ3) is 3.41. The summed E-state index contributed by atoms with van der Waals surface area (Å²) in [6.45, 7) is 0.697. The zero-order valence-electron chi connectivity index (χ0n) is 11.3. The molecule has 0 bridgehead atoms. The summed E-state index contributed by atoms with van der Waals surface area (Å²) in [6, 6.07) is 3.43. The molecule has 0 radical (unpaired) electrons. The lowest BCUT2D eigenvalue weighted by Gasteiger charge is -2.35. The van der Waals surface area contributed by atoms with Gasteiger partial charge in [0.25, 0.3) is 5.91 Å². The number of pyridine rings is 1. The van der Waals surface area contributed by atoms with Crippen LogP contribution in [0.5, 0.6) is 0 Å². The molecule has 1 aromatic rings. The summed E-state index contributed by atoms with van der Waals surface area (Å²) in [4.78, 5) is 16.2. The van der Waals surface area contributed by atoms with Crippen molar-refractivity contribution in [3.05, 3.63) is 24.0 Å². The highest BCUT2D eigenvalue weighted by molar-refractivity contribution is 8.00. The third-order valence-electron chi connectivity index (χ3n) is 3.82. The first-order valence-electron chi connectivity index (χ1n) is 6.71. The summed E-state index contributed by atoms with van der Waals surface area (Å²) in [6.07, 6.45) is 9.88. The first-order chi connectivity index (χ1) is 9.17. The van der Waals surface area contributed by atoms with Crippen molar-refractivity contribution in [3.8, 4) is 0 Å². The van der Waals surface area contributed by atoms with Gasteiger partial charge in [-0.25, -0.2) is 4.98 Å². The maximum absolute atomic E-state index is 12.1. The lowest BCUT2D eigenvalue weighted by atomic mass is 9.88. The quantitative estimate of drug-likeness (QED) is 0.888. The van der Waals surface area contributed by atoms with E-state index in [-0.39, 0.29) is 10.7 Å². The summed E-state index contributed by atoms with van der Waals surface area (Å²) in [7, 11) is 0. The van der Waals surface area contributed by atoms with E-state index in [9.17, 15) is 4.79 Å². The predicted molar refractivity (Wildman–Crippen MR) is 80.3 cm³/mol. The second-order valence-corrected chi connectivity index (χ2v) is 6.35. The lowest BCUT2D eigenvalue weighted by molar-refractivity contribution is 0.0943. The number of nitrogens with zero attached hydrogens (tertiary/aromatic N) is 1. The van der Waals surface area contributed by atoms with Crippen LogP contribution in [0.4, 0.5) is 5.69 Å². The Kier molecular flexibility index (Phi) is 4.69. The number of hydrogen-bond donors (Lipinski definition) is 2. The zero-order chi connectivity index (χ0) is 13.7. The first-order valence-corrected chi connectivity index (χ1v) is 7.93. The van der Waals surface area contributed by atoms with Gasteiger partial charge < -0.3 is 11.1 Å². The first kappa shape index (κ1) is 14.2. The molecule has 1 heterocycles. The molecule has 0 aromatic carbocycles. The Morgan fingerprint density at radius 3 is 2.84 bits per heavy atom. The van der Waals surface area contributed by atoms with Gasteiger partial charge in [-0.3, -0.25) is 4.79 Å². The van der Waals surface area contributed by atoms with Gasteiger partial charge in [0, 0.05) is 17.5 Å². The van der Waals surface area contributed by atoms with Gasteiger partial charge in [0.15, 0.2) is 5.69 Å². The summed E-state index contributed by atoms with van der Waals surface area (Å²) >= 11 is 1.87. The van der Waals surface area contributed by atoms with Crippen molar-refractivity contribution in [1.29, 1.82) is 0 Å². The van der Waals surface area contributed by atoms with Crippen molar-refractivity contribution in [3.63, 3.8) is 0 Å². The van der Waals surface area contributed by atoms with Crippen LogP contribution in [0.15, 0.2) is 18.3 Å². The Hall–Kier alpha value is -1.23. The normalized spacial score (nSPS) is 17.9. The molecule has 19 heavy (non-hydrogen) atoms. The Balaban J connectivity index is 1.98. The molecular formula is C14H21N3OS. The molecule has 0 saturated heterocycles. The van der Waals surface area contributed by atoms with Crippen molar-refractivity contribution < 1.29 is 4.79 Å². The van der Waals surface area contributed by atoms with E-state index in [1.54, 1.807) is 18.3 Å². The number of hydrogen-bond acceptors (Lipinski definition) is 4. The molecule has 2 rings (SSSR count). The molecule has 3 N–H and O–H groups in total. The van der Waals surface area contributed by atoms with Crippen molar-refractivity contribution in [2.45, 2.75) is 36.9 Å². The van der Waals surface area contributed by atoms with Gasteiger partial charge in [-0.15, -0.1) is 0 Å². The molecule has 0 spiro atoms. The van der Waals surface area contributed by atoms with Crippen molar-refractivity contribution in [2.24, 2.45) is 0 Å². The largest absolute Gasteiger partial charge is 0.397 e. The fourth-order valence-electron chi connectivity index (χ4n) is 2.58. The minimum atomic E-state index is -0.169. The highest BCUT2D eigenvalue weighted by Gasteiger charge is 2.31. The molecular weight excluding hydrogens is 258 g/mol. The van der Waals surface area contributed by atoms with Crippen LogP contribution < -0.4 is 11.1 Å². The summed E-state index contributed by atoms with van der Waals surface area (Å²) < 4.78 is 0.192. The number of amides is 1. The van der Waals surface area contributed by atoms with E-state index in [4.69, 9.17) is 5.73 Å². The highest BCUT2D eigenvalue weighted by atomic mass is 32.2. The van der Waals surface area contributed by atoms with E-state index in [1.807, 2.05) is 11.8 Å². The average Bonchev–Trinajstić information content (AvgIpc) is 2.46. The molecule has 0 unspecified atom stereocenters. The summed E-state index contributed by atoms with van der Waals surface area (Å²) in [5, 5.41) is 3.00. The molecule has 0 atom stereocenters. The van der Waals surface area contributed by atoms with Crippen LogP contribution in [-0.2, 0) is 0 Å². The van der Waals surface area contributed by atoms with E-state index >= 15 is 0 Å². The molecule has 104 valence electrons. The summed E-state index contributed by atoms with van der Waals surface area (Å²) in [5.74, 6) is -0.169. The summed E-state index contributed by atoms with van der Waals surface area (Å²) in [5.41, 5.74) is 6.53. The van der Waals surface area contributed by atoms with Gasteiger partial charge in [-0.1, -0.05) is 19.3 Å². The number of aromatic nitrogens is 1. The number of thioether (sulfide) groups is 1. The van der Waals surface area contributed by atoms with Crippen molar-refractivity contribution in [2.75, 3.05) is 18.5 Å². The highest BCUT2D eigenvalue weighted by Crippen LogP contribution is 2.37. The molecule has 1 aliphatic carbocycles. The van der Waals surface area contributed by atoms with Gasteiger partial charge >= 0.3 is 0 Å². The molecule has 1 saturated carbocycles. The van der Waals surface area contributed by atoms with Crippen LogP contribution >= 0.6 is 11.8 Å². The minimum Gasteiger partial charge on any atom is -0.397 e. The number of rotatable bonds is 4. The Labute approximate surface area is 118 Å². The van der Waals surface area contributed by atoms with Gasteiger partial charge in [0.2, 0.25) is 0 Å². The molecule has 0 aliphatic heterocycles. The molecule has 1 fully saturated rings. The standard InChI is InChI=1S/C14H21N3OS/c1-19-14(7-3-2-4-8-14)10-17-13(18)12-11(15)6-5-9-16-12/h5-6,9H,2-4,7-8,10,15H2,1H3,(H,17,18). The SMILES string of the molecule is CSC1(CNC(=O)c2ncccc2N)CCCCC1. The monoisotopic (exact) mass is 279 g/mol. The van der Waals surface area contributed by atoms with Crippen LogP contribution in [0.3, 0.4) is 0 Å². The van der Waals surface area contributed by atoms with Crippen LogP contribution in [0.25, 0.3) is 0 Å². The second-order valence-electron chi connectivity index (χ2n) is 5.07. The molecule has 1 aliphatic rings. The molecule has 5 heteroatoms. The minimum absolute atomic E-state index is 0.169. The smallest absolute Gasteiger partial charge is 0.272 e. The Bertz CT molecular complexity index is 444. The number of nitrogen functional groups attached to an aromatic ring is 1. The van der Waals surface area contributed by atoms with E-state index in [1.165, 1.54) is 32.1 Å². The number of carbonyl (C=O) groups is 1. The zero-order valence-corrected chi connectivity index (χ0v) is 12.1. The lowest BCUT2D eigenvalue weighted by Crippen LogP contribution is -2.42. The molecule has 1 amide bonds. The number of anilines is 1. The Morgan fingerprint density at radius 2 is 2.21 bits per heavy atom. The van der Waals surface area contributed by atoms with Gasteiger partial charge in [-0.05, 0) is 31.2 Å². The van der Waals surface area contributed by atoms with Crippen LogP contribution in [0.1, 0.15) is 42.6 Å². The fourth-order valence-corrected chi connectivity index (χ4v) is 3.50. The second kappa shape index (κ2) is 6.28. The maximum atomic E-state index is 12.1. The molecule has 4 nitrogen and oxygen atoms in total. The van der Waals surface area contributed by atoms with Crippen LogP contribution in [-0.4, -0.2) is 28.4 Å². The maximum Gasteiger partial charge on any atom is 0.272 e. The van der Waals surface area contributed by atoms with Gasteiger partial charge in [0.1, 0.15) is 0 Å². The topological polar surface area (TPSA) is 68.0 Å². The van der Waals surface area contributed by atoms with Crippen LogP contribution in [0.2, 0.25) is 0 Å². The fraction of sp³-hybridized carbons (Fsp3) is 0.571. The number of carbonyl (C=O) groups excluding carboxylic acids is 1.